The van der Waals surface area contributed by atoms with E-state index < -0.39 is 10.0 Å². The van der Waals surface area contributed by atoms with E-state index in [1.165, 1.54) is 10.6 Å². The Labute approximate surface area is 134 Å². The van der Waals surface area contributed by atoms with Gasteiger partial charge in [-0.25, -0.2) is 17.7 Å². The Hall–Kier alpha value is -1.38. The molecule has 0 spiro atoms. The maximum atomic E-state index is 11.5. The van der Waals surface area contributed by atoms with Crippen LogP contribution in [0.4, 0.5) is 5.95 Å². The van der Waals surface area contributed by atoms with Gasteiger partial charge in [0.05, 0.1) is 11.6 Å². The topological polar surface area (TPSA) is 94.1 Å². The molecule has 0 unspecified atom stereocenters. The third-order valence-electron chi connectivity index (χ3n) is 4.09. The van der Waals surface area contributed by atoms with Crippen molar-refractivity contribution in [3.05, 3.63) is 17.4 Å². The number of sulfonamides is 1. The van der Waals surface area contributed by atoms with Crippen LogP contribution in [0.2, 0.25) is 5.15 Å². The molecule has 1 aliphatic rings. The highest BCUT2D eigenvalue weighted by Crippen LogP contribution is 2.26. The van der Waals surface area contributed by atoms with E-state index in [9.17, 15) is 8.42 Å². The molecule has 22 heavy (non-hydrogen) atoms. The quantitative estimate of drug-likeness (QED) is 0.849. The van der Waals surface area contributed by atoms with Crippen molar-refractivity contribution < 1.29 is 8.42 Å². The zero-order valence-corrected chi connectivity index (χ0v) is 13.8. The maximum Gasteiger partial charge on any atom is 0.223 e. The second kappa shape index (κ2) is 5.68. The Morgan fingerprint density at radius 3 is 2.68 bits per heavy atom. The predicted octanol–water partition coefficient (Wildman–Crippen LogP) is 1.34. The number of anilines is 1. The van der Waals surface area contributed by atoms with Gasteiger partial charge in [-0.1, -0.05) is 11.6 Å². The summed E-state index contributed by atoms with van der Waals surface area (Å²) in [6.07, 6.45) is 4.85. The molecule has 120 valence electrons. The molecule has 2 N–H and O–H groups in total. The number of nitrogens with two attached hydrogens (primary N) is 1. The summed E-state index contributed by atoms with van der Waals surface area (Å²) in [5.74, 6) is 0.563. The monoisotopic (exact) mass is 343 g/mol. The maximum absolute atomic E-state index is 11.5. The lowest BCUT2D eigenvalue weighted by atomic mass is 9.98. The van der Waals surface area contributed by atoms with Crippen molar-refractivity contribution in [2.75, 3.05) is 25.1 Å². The number of piperidine rings is 1. The second-order valence-corrected chi connectivity index (χ2v) is 8.02. The molecule has 0 amide bonds. The van der Waals surface area contributed by atoms with Crippen molar-refractivity contribution in [3.63, 3.8) is 0 Å². The van der Waals surface area contributed by atoms with Gasteiger partial charge in [-0.2, -0.15) is 4.98 Å². The van der Waals surface area contributed by atoms with Crippen molar-refractivity contribution in [2.45, 2.75) is 19.4 Å². The van der Waals surface area contributed by atoms with E-state index in [4.69, 9.17) is 17.3 Å². The molecule has 2 aromatic rings. The number of fused-ring (bicyclic) bond motifs is 1. The molecule has 0 aromatic carbocycles. The first kappa shape index (κ1) is 15.5. The molecular formula is C13H18ClN5O2S. The summed E-state index contributed by atoms with van der Waals surface area (Å²) in [4.78, 5) is 8.20. The lowest BCUT2D eigenvalue weighted by Crippen LogP contribution is -2.38. The van der Waals surface area contributed by atoms with Gasteiger partial charge in [0.25, 0.3) is 0 Å². The van der Waals surface area contributed by atoms with Crippen LogP contribution >= 0.6 is 11.6 Å². The Morgan fingerprint density at radius 1 is 1.36 bits per heavy atom. The molecule has 1 saturated heterocycles. The standard InChI is InChI=1S/C13H18ClN5O2S/c1-22(20,21)19-6-2-9(3-7-19)8-18-5-4-10-11(14)16-13(15)17-12(10)18/h4-5,9H,2-3,6-8H2,1H3,(H2,15,16,17). The Balaban J connectivity index is 1.75. The number of rotatable bonds is 3. The SMILES string of the molecule is CS(=O)(=O)N1CCC(Cn2ccc3c(Cl)nc(N)nc32)CC1. The average Bonchev–Trinajstić information content (AvgIpc) is 2.82. The molecule has 1 fully saturated rings. The highest BCUT2D eigenvalue weighted by atomic mass is 35.5. The van der Waals surface area contributed by atoms with Gasteiger partial charge in [0.1, 0.15) is 10.8 Å². The molecule has 2 aromatic heterocycles. The van der Waals surface area contributed by atoms with Crippen LogP contribution in [-0.4, -0.2) is 46.6 Å². The fourth-order valence-electron chi connectivity index (χ4n) is 2.89. The highest BCUT2D eigenvalue weighted by molar-refractivity contribution is 7.88. The summed E-state index contributed by atoms with van der Waals surface area (Å²) >= 11 is 6.07. The van der Waals surface area contributed by atoms with Crippen LogP contribution in [-0.2, 0) is 16.6 Å². The molecule has 3 heterocycles. The average molecular weight is 344 g/mol. The largest absolute Gasteiger partial charge is 0.368 e. The van der Waals surface area contributed by atoms with E-state index in [1.807, 2.05) is 16.8 Å². The predicted molar refractivity (Wildman–Crippen MR) is 86.1 cm³/mol. The minimum atomic E-state index is -3.09. The smallest absolute Gasteiger partial charge is 0.223 e. The molecule has 7 nitrogen and oxygen atoms in total. The van der Waals surface area contributed by atoms with E-state index in [0.29, 0.717) is 24.2 Å². The number of hydrogen-bond donors (Lipinski definition) is 1. The van der Waals surface area contributed by atoms with Crippen molar-refractivity contribution in [1.82, 2.24) is 18.8 Å². The third-order valence-corrected chi connectivity index (χ3v) is 5.68. The first-order chi connectivity index (χ1) is 10.3. The van der Waals surface area contributed by atoms with E-state index in [2.05, 4.69) is 9.97 Å². The summed E-state index contributed by atoms with van der Waals surface area (Å²) in [7, 11) is -3.09. The van der Waals surface area contributed by atoms with E-state index in [1.54, 1.807) is 0 Å². The minimum Gasteiger partial charge on any atom is -0.368 e. The van der Waals surface area contributed by atoms with Crippen molar-refractivity contribution >= 4 is 38.6 Å². The van der Waals surface area contributed by atoms with Gasteiger partial charge in [-0.15, -0.1) is 0 Å². The Bertz CT molecular complexity index is 796. The van der Waals surface area contributed by atoms with E-state index in [0.717, 1.165) is 30.4 Å². The molecule has 0 saturated carbocycles. The van der Waals surface area contributed by atoms with Crippen LogP contribution in [0, 0.1) is 5.92 Å². The lowest BCUT2D eigenvalue weighted by molar-refractivity contribution is 0.255. The summed E-state index contributed by atoms with van der Waals surface area (Å²) in [6.45, 7) is 1.91. The normalized spacial score (nSPS) is 18.1. The van der Waals surface area contributed by atoms with Gasteiger partial charge in [0.15, 0.2) is 0 Å². The van der Waals surface area contributed by atoms with Gasteiger partial charge in [-0.3, -0.25) is 0 Å². The van der Waals surface area contributed by atoms with Crippen LogP contribution in [0.15, 0.2) is 12.3 Å². The summed E-state index contributed by atoms with van der Waals surface area (Å²) in [5.41, 5.74) is 6.38. The number of halogens is 1. The Morgan fingerprint density at radius 2 is 2.05 bits per heavy atom. The fraction of sp³-hybridized carbons (Fsp3) is 0.538. The van der Waals surface area contributed by atoms with Gasteiger partial charge in [0, 0.05) is 25.8 Å². The molecular weight excluding hydrogens is 326 g/mol. The molecule has 0 radical (unpaired) electrons. The van der Waals surface area contributed by atoms with Gasteiger partial charge in [-0.05, 0) is 24.8 Å². The fourth-order valence-corrected chi connectivity index (χ4v) is 4.00. The Kier molecular flexibility index (Phi) is 4.00. The number of nitrogens with zero attached hydrogens (tertiary/aromatic N) is 4. The summed E-state index contributed by atoms with van der Waals surface area (Å²) in [5, 5.41) is 1.14. The van der Waals surface area contributed by atoms with Crippen LogP contribution in [0.5, 0.6) is 0 Å². The summed E-state index contributed by atoms with van der Waals surface area (Å²) in [6, 6.07) is 1.88. The van der Waals surface area contributed by atoms with Crippen molar-refractivity contribution in [3.8, 4) is 0 Å². The number of aromatic nitrogens is 3. The molecule has 1 aliphatic heterocycles. The van der Waals surface area contributed by atoms with Gasteiger partial charge < -0.3 is 10.3 Å². The van der Waals surface area contributed by atoms with E-state index in [-0.39, 0.29) is 5.95 Å². The first-order valence-corrected chi connectivity index (χ1v) is 9.30. The lowest BCUT2D eigenvalue weighted by Gasteiger charge is -2.30. The molecule has 3 rings (SSSR count). The minimum absolute atomic E-state index is 0.157. The highest BCUT2D eigenvalue weighted by Gasteiger charge is 2.25. The molecule has 0 aliphatic carbocycles. The zero-order valence-electron chi connectivity index (χ0n) is 12.2. The first-order valence-electron chi connectivity index (χ1n) is 7.07. The van der Waals surface area contributed by atoms with Crippen LogP contribution < -0.4 is 5.73 Å². The molecule has 0 atom stereocenters. The third kappa shape index (κ3) is 3.04. The van der Waals surface area contributed by atoms with Crippen LogP contribution in [0.1, 0.15) is 12.8 Å². The zero-order chi connectivity index (χ0) is 15.9. The van der Waals surface area contributed by atoms with Crippen LogP contribution in [0.3, 0.4) is 0 Å². The van der Waals surface area contributed by atoms with Crippen LogP contribution in [0.25, 0.3) is 11.0 Å². The number of nitrogen functional groups attached to an aromatic ring is 1. The van der Waals surface area contributed by atoms with Gasteiger partial charge in [0.2, 0.25) is 16.0 Å². The second-order valence-electron chi connectivity index (χ2n) is 5.68. The van der Waals surface area contributed by atoms with Crippen molar-refractivity contribution in [1.29, 1.82) is 0 Å². The van der Waals surface area contributed by atoms with Gasteiger partial charge >= 0.3 is 0 Å². The molecule has 0 bridgehead atoms. The van der Waals surface area contributed by atoms with E-state index >= 15 is 0 Å². The molecule has 9 heteroatoms. The number of hydrogen-bond acceptors (Lipinski definition) is 5. The van der Waals surface area contributed by atoms with Crippen molar-refractivity contribution in [2.24, 2.45) is 5.92 Å². The summed E-state index contributed by atoms with van der Waals surface area (Å²) < 4.78 is 26.6.